The van der Waals surface area contributed by atoms with E-state index >= 15 is 0 Å². The Balaban J connectivity index is 1.24. The van der Waals surface area contributed by atoms with Crippen molar-refractivity contribution >= 4 is 63.4 Å². The van der Waals surface area contributed by atoms with Crippen molar-refractivity contribution in [3.05, 3.63) is 174 Å². The van der Waals surface area contributed by atoms with Crippen LogP contribution in [0.5, 0.6) is 0 Å². The molecule has 0 aliphatic rings. The minimum Gasteiger partial charge on any atom is -0.378 e. The Hall–Kier alpha value is -6.12. The van der Waals surface area contributed by atoms with Crippen LogP contribution in [0.4, 0.5) is 17.1 Å². The first-order valence-corrected chi connectivity index (χ1v) is 17.0. The molecule has 0 saturated carbocycles. The summed E-state index contributed by atoms with van der Waals surface area (Å²) in [5.41, 5.74) is 4.39. The molecule has 6 rings (SSSR count). The second kappa shape index (κ2) is 15.9. The van der Waals surface area contributed by atoms with Gasteiger partial charge in [-0.25, -0.2) is 0 Å². The molecule has 0 aromatic heterocycles. The maximum atomic E-state index is 13.9. The SMILES string of the molecule is CN(C)c1ccc(/C=C(/NC(=O)c2ccccc2)C(=O)Nc2cccc(SC(C(=O)Nc3cccc4ccccc34)c3ccccc3)c2)cc1. The lowest BCUT2D eigenvalue weighted by atomic mass is 10.1. The lowest BCUT2D eigenvalue weighted by Crippen LogP contribution is -2.30. The van der Waals surface area contributed by atoms with Crippen LogP contribution in [0.15, 0.2) is 162 Å². The number of amides is 3. The molecule has 0 saturated heterocycles. The van der Waals surface area contributed by atoms with Crippen LogP contribution in [-0.2, 0) is 9.59 Å². The predicted molar refractivity (Wildman–Crippen MR) is 205 cm³/mol. The van der Waals surface area contributed by atoms with Crippen LogP contribution < -0.4 is 20.9 Å². The third kappa shape index (κ3) is 8.47. The molecule has 1 atom stereocenters. The lowest BCUT2D eigenvalue weighted by molar-refractivity contribution is -0.116. The molecular weight excluding hydrogens is 641 g/mol. The van der Waals surface area contributed by atoms with Gasteiger partial charge in [-0.05, 0) is 71.1 Å². The van der Waals surface area contributed by atoms with Gasteiger partial charge in [0.2, 0.25) is 5.91 Å². The number of benzene rings is 6. The van der Waals surface area contributed by atoms with Gasteiger partial charge in [-0.15, -0.1) is 11.8 Å². The normalized spacial score (nSPS) is 11.8. The van der Waals surface area contributed by atoms with Crippen molar-refractivity contribution in [1.82, 2.24) is 5.32 Å². The Morgan fingerprint density at radius 2 is 1.34 bits per heavy atom. The van der Waals surface area contributed by atoms with Gasteiger partial charge in [-0.2, -0.15) is 0 Å². The molecule has 6 aromatic rings. The van der Waals surface area contributed by atoms with Gasteiger partial charge in [-0.1, -0.05) is 103 Å². The zero-order chi connectivity index (χ0) is 34.9. The topological polar surface area (TPSA) is 90.5 Å². The minimum absolute atomic E-state index is 0.0890. The molecule has 0 aliphatic heterocycles. The Labute approximate surface area is 296 Å². The molecular formula is C42H36N4O3S. The highest BCUT2D eigenvalue weighted by Gasteiger charge is 2.23. The molecule has 0 aliphatic carbocycles. The highest BCUT2D eigenvalue weighted by atomic mass is 32.2. The van der Waals surface area contributed by atoms with Gasteiger partial charge in [0, 0.05) is 47.0 Å². The summed E-state index contributed by atoms with van der Waals surface area (Å²) in [6.45, 7) is 0. The van der Waals surface area contributed by atoms with Crippen molar-refractivity contribution in [2.45, 2.75) is 10.1 Å². The first-order chi connectivity index (χ1) is 24.3. The molecule has 50 heavy (non-hydrogen) atoms. The summed E-state index contributed by atoms with van der Waals surface area (Å²) < 4.78 is 0. The Morgan fingerprint density at radius 1 is 0.680 bits per heavy atom. The van der Waals surface area contributed by atoms with E-state index in [1.165, 1.54) is 11.8 Å². The monoisotopic (exact) mass is 676 g/mol. The molecule has 1 unspecified atom stereocenters. The molecule has 0 spiro atoms. The summed E-state index contributed by atoms with van der Waals surface area (Å²) in [5.74, 6) is -1.05. The number of hydrogen-bond acceptors (Lipinski definition) is 5. The van der Waals surface area contributed by atoms with E-state index in [2.05, 4.69) is 16.0 Å². The Bertz CT molecular complexity index is 2140. The van der Waals surface area contributed by atoms with Crippen molar-refractivity contribution < 1.29 is 14.4 Å². The zero-order valence-corrected chi connectivity index (χ0v) is 28.5. The first kappa shape index (κ1) is 33.8. The van der Waals surface area contributed by atoms with E-state index in [0.717, 1.165) is 38.2 Å². The van der Waals surface area contributed by atoms with Crippen LogP contribution >= 0.6 is 11.8 Å². The van der Waals surface area contributed by atoms with E-state index in [1.54, 1.807) is 36.4 Å². The van der Waals surface area contributed by atoms with E-state index in [4.69, 9.17) is 0 Å². The highest BCUT2D eigenvalue weighted by Crippen LogP contribution is 2.38. The molecule has 7 nitrogen and oxygen atoms in total. The summed E-state index contributed by atoms with van der Waals surface area (Å²) in [6, 6.07) is 47.2. The van der Waals surface area contributed by atoms with Crippen LogP contribution in [0.1, 0.15) is 26.7 Å². The Morgan fingerprint density at radius 3 is 2.08 bits per heavy atom. The highest BCUT2D eigenvalue weighted by molar-refractivity contribution is 8.00. The summed E-state index contributed by atoms with van der Waals surface area (Å²) in [7, 11) is 3.91. The molecule has 3 amide bonds. The predicted octanol–water partition coefficient (Wildman–Crippen LogP) is 8.79. The van der Waals surface area contributed by atoms with E-state index in [0.29, 0.717) is 11.3 Å². The van der Waals surface area contributed by atoms with Crippen molar-refractivity contribution in [2.75, 3.05) is 29.6 Å². The number of thioether (sulfide) groups is 1. The smallest absolute Gasteiger partial charge is 0.272 e. The zero-order valence-electron chi connectivity index (χ0n) is 27.7. The number of fused-ring (bicyclic) bond motifs is 1. The molecule has 248 valence electrons. The second-order valence-corrected chi connectivity index (χ2v) is 12.9. The molecule has 0 radical (unpaired) electrons. The largest absolute Gasteiger partial charge is 0.378 e. The summed E-state index contributed by atoms with van der Waals surface area (Å²) in [5, 5.41) is 10.3. The minimum atomic E-state index is -0.577. The molecule has 6 aromatic carbocycles. The van der Waals surface area contributed by atoms with Gasteiger partial charge < -0.3 is 20.9 Å². The van der Waals surface area contributed by atoms with E-state index in [-0.39, 0.29) is 11.6 Å². The van der Waals surface area contributed by atoms with Gasteiger partial charge in [0.15, 0.2) is 0 Å². The average Bonchev–Trinajstić information content (AvgIpc) is 3.14. The first-order valence-electron chi connectivity index (χ1n) is 16.1. The summed E-state index contributed by atoms with van der Waals surface area (Å²) >= 11 is 1.39. The van der Waals surface area contributed by atoms with Crippen LogP contribution in [0, 0.1) is 0 Å². The fourth-order valence-corrected chi connectivity index (χ4v) is 6.48. The third-order valence-corrected chi connectivity index (χ3v) is 9.23. The van der Waals surface area contributed by atoms with E-state index < -0.39 is 17.1 Å². The number of rotatable bonds is 11. The Kier molecular flexibility index (Phi) is 10.7. The molecule has 0 fully saturated rings. The fourth-order valence-electron chi connectivity index (χ4n) is 5.39. The standard InChI is InChI=1S/C42H36N4O3S/c1-46(2)34-25-23-29(24-26-34)27-38(45-40(47)32-16-7-4-8-17-32)41(48)43-33-19-12-20-35(28-33)50-39(31-14-5-3-6-15-31)42(49)44-37-22-11-18-30-13-9-10-21-36(30)37/h3-28,39H,1-2H3,(H,43,48)(H,44,49)(H,45,47)/b38-27+. The van der Waals surface area contributed by atoms with Crippen molar-refractivity contribution in [2.24, 2.45) is 0 Å². The van der Waals surface area contributed by atoms with Gasteiger partial charge >= 0.3 is 0 Å². The third-order valence-electron chi connectivity index (χ3n) is 7.98. The fraction of sp³-hybridized carbons (Fsp3) is 0.0714. The van der Waals surface area contributed by atoms with Gasteiger partial charge in [0.25, 0.3) is 11.8 Å². The molecule has 0 heterocycles. The van der Waals surface area contributed by atoms with Crippen molar-refractivity contribution in [3.8, 4) is 0 Å². The number of hydrogen-bond donors (Lipinski definition) is 3. The molecule has 3 N–H and O–H groups in total. The number of anilines is 3. The van der Waals surface area contributed by atoms with Gasteiger partial charge in [0.05, 0.1) is 0 Å². The second-order valence-electron chi connectivity index (χ2n) is 11.8. The number of carbonyl (C=O) groups excluding carboxylic acids is 3. The van der Waals surface area contributed by atoms with Gasteiger partial charge in [-0.3, -0.25) is 14.4 Å². The lowest BCUT2D eigenvalue weighted by Gasteiger charge is -2.18. The number of nitrogens with zero attached hydrogens (tertiary/aromatic N) is 1. The summed E-state index contributed by atoms with van der Waals surface area (Å²) in [6.07, 6.45) is 1.65. The van der Waals surface area contributed by atoms with Crippen LogP contribution in [-0.4, -0.2) is 31.8 Å². The van der Waals surface area contributed by atoms with Crippen molar-refractivity contribution in [3.63, 3.8) is 0 Å². The molecule has 0 bridgehead atoms. The quantitative estimate of drug-likeness (QED) is 0.0943. The number of nitrogens with one attached hydrogen (secondary N) is 3. The van der Waals surface area contributed by atoms with E-state index in [9.17, 15) is 14.4 Å². The van der Waals surface area contributed by atoms with Crippen LogP contribution in [0.2, 0.25) is 0 Å². The van der Waals surface area contributed by atoms with Crippen LogP contribution in [0.25, 0.3) is 16.8 Å². The van der Waals surface area contributed by atoms with Crippen LogP contribution in [0.3, 0.4) is 0 Å². The average molecular weight is 677 g/mol. The maximum absolute atomic E-state index is 13.9. The maximum Gasteiger partial charge on any atom is 0.272 e. The molecule has 8 heteroatoms. The summed E-state index contributed by atoms with van der Waals surface area (Å²) in [4.78, 5) is 43.6. The van der Waals surface area contributed by atoms with Crippen molar-refractivity contribution in [1.29, 1.82) is 0 Å². The van der Waals surface area contributed by atoms with Gasteiger partial charge in [0.1, 0.15) is 10.9 Å². The van der Waals surface area contributed by atoms with E-state index in [1.807, 2.05) is 140 Å². The number of carbonyl (C=O) groups is 3.